The first-order valence-corrected chi connectivity index (χ1v) is 3.90. The summed E-state index contributed by atoms with van der Waals surface area (Å²) in [4.78, 5) is 17.0. The van der Waals surface area contributed by atoms with Gasteiger partial charge in [0.2, 0.25) is 0 Å². The van der Waals surface area contributed by atoms with Crippen LogP contribution in [0.1, 0.15) is 12.7 Å². The minimum atomic E-state index is -0.0515. The summed E-state index contributed by atoms with van der Waals surface area (Å²) in [7, 11) is 3.45. The van der Waals surface area contributed by atoms with Gasteiger partial charge >= 0.3 is 6.03 Å². The number of aryl methyl sites for hydroxylation is 1. The topological polar surface area (TPSA) is 38.1 Å². The van der Waals surface area contributed by atoms with Crippen LogP contribution in [0, 0.1) is 0 Å². The van der Waals surface area contributed by atoms with E-state index in [1.54, 1.807) is 31.1 Å². The zero-order chi connectivity index (χ0) is 9.14. The second-order valence-corrected chi connectivity index (χ2v) is 2.74. The van der Waals surface area contributed by atoms with Crippen molar-refractivity contribution in [3.05, 3.63) is 18.2 Å². The second kappa shape index (κ2) is 3.38. The number of imidazole rings is 1. The van der Waals surface area contributed by atoms with Crippen LogP contribution < -0.4 is 0 Å². The molecule has 0 aliphatic rings. The van der Waals surface area contributed by atoms with Crippen molar-refractivity contribution in [2.24, 2.45) is 0 Å². The Morgan fingerprint density at radius 3 is 2.83 bits per heavy atom. The highest BCUT2D eigenvalue weighted by Crippen LogP contribution is 1.99. The van der Waals surface area contributed by atoms with Crippen molar-refractivity contribution in [2.45, 2.75) is 13.3 Å². The van der Waals surface area contributed by atoms with Gasteiger partial charge in [0, 0.05) is 32.9 Å². The average Bonchev–Trinajstić information content (AvgIpc) is 2.49. The van der Waals surface area contributed by atoms with Crippen LogP contribution in [0.4, 0.5) is 4.79 Å². The van der Waals surface area contributed by atoms with Crippen molar-refractivity contribution >= 4 is 6.03 Å². The summed E-state index contributed by atoms with van der Waals surface area (Å²) in [6.07, 6.45) is 4.09. The summed E-state index contributed by atoms with van der Waals surface area (Å²) >= 11 is 0. The van der Waals surface area contributed by atoms with Crippen LogP contribution in [0.3, 0.4) is 0 Å². The van der Waals surface area contributed by atoms with Gasteiger partial charge in [-0.3, -0.25) is 4.57 Å². The van der Waals surface area contributed by atoms with Crippen molar-refractivity contribution in [1.29, 1.82) is 0 Å². The molecule has 0 atom stereocenters. The van der Waals surface area contributed by atoms with E-state index in [1.807, 2.05) is 6.92 Å². The van der Waals surface area contributed by atoms with Crippen LogP contribution in [0.5, 0.6) is 0 Å². The van der Waals surface area contributed by atoms with Crippen LogP contribution in [0.25, 0.3) is 0 Å². The molecule has 0 fully saturated rings. The fourth-order valence-corrected chi connectivity index (χ4v) is 0.986. The maximum Gasteiger partial charge on any atom is 0.329 e. The molecule has 1 rings (SSSR count). The van der Waals surface area contributed by atoms with Gasteiger partial charge < -0.3 is 4.90 Å². The maximum absolute atomic E-state index is 11.4. The molecule has 0 aliphatic carbocycles. The third-order valence-electron chi connectivity index (χ3n) is 1.62. The zero-order valence-corrected chi connectivity index (χ0v) is 7.61. The van der Waals surface area contributed by atoms with Gasteiger partial charge in [-0.05, 0) is 0 Å². The summed E-state index contributed by atoms with van der Waals surface area (Å²) < 4.78 is 1.56. The summed E-state index contributed by atoms with van der Waals surface area (Å²) in [6.45, 7) is 1.97. The van der Waals surface area contributed by atoms with Crippen molar-refractivity contribution < 1.29 is 4.79 Å². The third-order valence-corrected chi connectivity index (χ3v) is 1.62. The normalized spacial score (nSPS) is 9.92. The molecular weight excluding hydrogens is 154 g/mol. The number of aromatic nitrogens is 2. The Morgan fingerprint density at radius 1 is 1.67 bits per heavy atom. The average molecular weight is 167 g/mol. The molecule has 12 heavy (non-hydrogen) atoms. The Morgan fingerprint density at radius 2 is 2.33 bits per heavy atom. The van der Waals surface area contributed by atoms with Gasteiger partial charge in [0.25, 0.3) is 0 Å². The quantitative estimate of drug-likeness (QED) is 0.625. The van der Waals surface area contributed by atoms with E-state index in [-0.39, 0.29) is 6.03 Å². The Bertz CT molecular complexity index is 278. The summed E-state index contributed by atoms with van der Waals surface area (Å²) in [5.41, 5.74) is 0. The molecule has 66 valence electrons. The van der Waals surface area contributed by atoms with E-state index in [9.17, 15) is 4.79 Å². The minimum Gasteiger partial charge on any atom is -0.330 e. The van der Waals surface area contributed by atoms with Gasteiger partial charge in [0.05, 0.1) is 0 Å². The number of hydrogen-bond acceptors (Lipinski definition) is 2. The van der Waals surface area contributed by atoms with E-state index in [1.165, 1.54) is 4.90 Å². The van der Waals surface area contributed by atoms with E-state index in [0.29, 0.717) is 0 Å². The van der Waals surface area contributed by atoms with Gasteiger partial charge in [-0.25, -0.2) is 9.78 Å². The standard InChI is InChI=1S/C8H13N3O/c1-4-7-9-5-6-11(7)8(12)10(2)3/h5-6H,4H2,1-3H3. The van der Waals surface area contributed by atoms with Crippen molar-refractivity contribution in [3.63, 3.8) is 0 Å². The molecule has 0 unspecified atom stereocenters. The molecule has 4 nitrogen and oxygen atoms in total. The highest BCUT2D eigenvalue weighted by Gasteiger charge is 2.09. The van der Waals surface area contributed by atoms with Crippen molar-refractivity contribution in [2.75, 3.05) is 14.1 Å². The summed E-state index contributed by atoms with van der Waals surface area (Å²) in [5.74, 6) is 0.800. The van der Waals surface area contributed by atoms with E-state index < -0.39 is 0 Å². The lowest BCUT2D eigenvalue weighted by atomic mass is 10.4. The Kier molecular flexibility index (Phi) is 2.47. The number of rotatable bonds is 1. The molecule has 4 heteroatoms. The number of carbonyl (C=O) groups is 1. The lowest BCUT2D eigenvalue weighted by Gasteiger charge is -2.11. The summed E-state index contributed by atoms with van der Waals surface area (Å²) in [6, 6.07) is -0.0515. The molecule has 1 aromatic heterocycles. The van der Waals surface area contributed by atoms with Crippen LogP contribution in [0.15, 0.2) is 12.4 Å². The van der Waals surface area contributed by atoms with Crippen LogP contribution in [-0.2, 0) is 6.42 Å². The minimum absolute atomic E-state index is 0.0515. The first-order valence-electron chi connectivity index (χ1n) is 3.90. The monoisotopic (exact) mass is 167 g/mol. The van der Waals surface area contributed by atoms with Gasteiger partial charge in [-0.1, -0.05) is 6.92 Å². The van der Waals surface area contributed by atoms with Crippen LogP contribution in [-0.4, -0.2) is 34.6 Å². The van der Waals surface area contributed by atoms with Crippen molar-refractivity contribution in [3.8, 4) is 0 Å². The molecule has 0 spiro atoms. The molecule has 0 saturated carbocycles. The molecule has 1 amide bonds. The predicted molar refractivity (Wildman–Crippen MR) is 46.1 cm³/mol. The second-order valence-electron chi connectivity index (χ2n) is 2.74. The molecule has 0 aliphatic heterocycles. The first kappa shape index (κ1) is 8.77. The number of amides is 1. The van der Waals surface area contributed by atoms with E-state index in [2.05, 4.69) is 4.98 Å². The van der Waals surface area contributed by atoms with E-state index >= 15 is 0 Å². The lowest BCUT2D eigenvalue weighted by molar-refractivity contribution is 0.218. The lowest BCUT2D eigenvalue weighted by Crippen LogP contribution is -2.28. The fraction of sp³-hybridized carbons (Fsp3) is 0.500. The van der Waals surface area contributed by atoms with Crippen molar-refractivity contribution in [1.82, 2.24) is 14.5 Å². The number of nitrogens with zero attached hydrogens (tertiary/aromatic N) is 3. The first-order chi connectivity index (χ1) is 5.66. The number of carbonyl (C=O) groups excluding carboxylic acids is 1. The van der Waals surface area contributed by atoms with Gasteiger partial charge in [-0.15, -0.1) is 0 Å². The SMILES string of the molecule is CCc1nccn1C(=O)N(C)C. The predicted octanol–water partition coefficient (Wildman–Crippen LogP) is 0.975. The largest absolute Gasteiger partial charge is 0.330 e. The fourth-order valence-electron chi connectivity index (χ4n) is 0.986. The third kappa shape index (κ3) is 1.47. The number of hydrogen-bond donors (Lipinski definition) is 0. The van der Waals surface area contributed by atoms with E-state index in [4.69, 9.17) is 0 Å². The molecular formula is C8H13N3O. The molecule has 0 saturated heterocycles. The molecule has 0 bridgehead atoms. The molecule has 0 radical (unpaired) electrons. The van der Waals surface area contributed by atoms with E-state index in [0.717, 1.165) is 12.2 Å². The Balaban J connectivity index is 2.94. The Labute approximate surface area is 71.8 Å². The molecule has 1 heterocycles. The Hall–Kier alpha value is -1.32. The smallest absolute Gasteiger partial charge is 0.329 e. The summed E-state index contributed by atoms with van der Waals surface area (Å²) in [5, 5.41) is 0. The van der Waals surface area contributed by atoms with Crippen LogP contribution in [0.2, 0.25) is 0 Å². The van der Waals surface area contributed by atoms with Gasteiger partial charge in [0.15, 0.2) is 0 Å². The highest BCUT2D eigenvalue weighted by atomic mass is 16.2. The molecule has 1 aromatic rings. The van der Waals surface area contributed by atoms with Gasteiger partial charge in [0.1, 0.15) is 5.82 Å². The zero-order valence-electron chi connectivity index (χ0n) is 7.61. The molecule has 0 N–H and O–H groups in total. The van der Waals surface area contributed by atoms with Gasteiger partial charge in [-0.2, -0.15) is 0 Å². The molecule has 0 aromatic carbocycles. The van der Waals surface area contributed by atoms with Crippen LogP contribution >= 0.6 is 0 Å². The maximum atomic E-state index is 11.4. The highest BCUT2D eigenvalue weighted by molar-refractivity contribution is 5.76.